The Kier molecular flexibility index (Phi) is 4.07. The van der Waals surface area contributed by atoms with E-state index in [2.05, 4.69) is 15.1 Å². The van der Waals surface area contributed by atoms with Gasteiger partial charge >= 0.3 is 0 Å². The van der Waals surface area contributed by atoms with Crippen molar-refractivity contribution in [1.29, 1.82) is 0 Å². The molecular formula is C12H20ClN3O. The van der Waals surface area contributed by atoms with E-state index >= 15 is 0 Å². The highest BCUT2D eigenvalue weighted by molar-refractivity contribution is 6.31. The van der Waals surface area contributed by atoms with E-state index in [4.69, 9.17) is 11.6 Å². The second-order valence-electron chi connectivity index (χ2n) is 4.94. The summed E-state index contributed by atoms with van der Waals surface area (Å²) in [6.45, 7) is 2.60. The second-order valence-corrected chi connectivity index (χ2v) is 5.32. The lowest BCUT2D eigenvalue weighted by molar-refractivity contribution is 0.0283. The molecule has 1 saturated carbocycles. The van der Waals surface area contributed by atoms with Crippen molar-refractivity contribution < 1.29 is 5.11 Å². The third-order valence-corrected chi connectivity index (χ3v) is 4.10. The van der Waals surface area contributed by atoms with E-state index in [1.54, 1.807) is 0 Å². The van der Waals surface area contributed by atoms with Gasteiger partial charge in [-0.05, 0) is 26.8 Å². The van der Waals surface area contributed by atoms with Crippen LogP contribution in [-0.4, -0.2) is 39.4 Å². The molecule has 1 aromatic rings. The van der Waals surface area contributed by atoms with E-state index in [0.29, 0.717) is 11.6 Å². The molecule has 0 radical (unpaired) electrons. The molecule has 0 unspecified atom stereocenters. The number of aromatic nitrogens is 2. The Hall–Kier alpha value is -0.580. The summed E-state index contributed by atoms with van der Waals surface area (Å²) in [5, 5.41) is 17.8. The predicted molar refractivity (Wildman–Crippen MR) is 68.1 cm³/mol. The molecule has 0 bridgehead atoms. The predicted octanol–water partition coefficient (Wildman–Crippen LogP) is 2.11. The number of hydrogen-bond donors (Lipinski definition) is 2. The summed E-state index contributed by atoms with van der Waals surface area (Å²) >= 11 is 6.15. The van der Waals surface area contributed by atoms with Gasteiger partial charge < -0.3 is 5.11 Å². The number of H-pyrrole nitrogens is 1. The van der Waals surface area contributed by atoms with Gasteiger partial charge in [-0.15, -0.1) is 0 Å². The van der Waals surface area contributed by atoms with Crippen LogP contribution in [0.1, 0.15) is 37.1 Å². The molecule has 1 aliphatic rings. The highest BCUT2D eigenvalue weighted by Crippen LogP contribution is 2.25. The Bertz CT molecular complexity index is 380. The van der Waals surface area contributed by atoms with Crippen LogP contribution in [0.4, 0.5) is 0 Å². The number of hydrogen-bond acceptors (Lipinski definition) is 3. The Balaban J connectivity index is 2.00. The van der Waals surface area contributed by atoms with E-state index in [9.17, 15) is 5.11 Å². The van der Waals surface area contributed by atoms with Crippen LogP contribution in [0.25, 0.3) is 0 Å². The van der Waals surface area contributed by atoms with Crippen LogP contribution in [0, 0.1) is 6.92 Å². The van der Waals surface area contributed by atoms with Gasteiger partial charge in [0, 0.05) is 12.6 Å². The van der Waals surface area contributed by atoms with Crippen molar-refractivity contribution in [3.63, 3.8) is 0 Å². The topological polar surface area (TPSA) is 52.2 Å². The lowest BCUT2D eigenvalue weighted by Gasteiger charge is -2.34. The van der Waals surface area contributed by atoms with Gasteiger partial charge in [0.1, 0.15) is 0 Å². The quantitative estimate of drug-likeness (QED) is 0.872. The van der Waals surface area contributed by atoms with E-state index < -0.39 is 0 Å². The highest BCUT2D eigenvalue weighted by atomic mass is 35.5. The van der Waals surface area contributed by atoms with Gasteiger partial charge in [-0.1, -0.05) is 24.4 Å². The minimum atomic E-state index is -0.215. The maximum Gasteiger partial charge on any atom is 0.0951 e. The van der Waals surface area contributed by atoms with Crippen molar-refractivity contribution in [2.24, 2.45) is 0 Å². The van der Waals surface area contributed by atoms with Crippen molar-refractivity contribution in [3.05, 3.63) is 16.4 Å². The third kappa shape index (κ3) is 2.81. The smallest absolute Gasteiger partial charge is 0.0951 e. The molecule has 1 fully saturated rings. The lowest BCUT2D eigenvalue weighted by atomic mass is 9.91. The molecule has 0 amide bonds. The molecule has 1 aliphatic carbocycles. The Morgan fingerprint density at radius 2 is 2.18 bits per heavy atom. The third-order valence-electron chi connectivity index (χ3n) is 3.60. The van der Waals surface area contributed by atoms with E-state index in [0.717, 1.165) is 30.7 Å². The summed E-state index contributed by atoms with van der Waals surface area (Å²) in [4.78, 5) is 2.16. The van der Waals surface area contributed by atoms with Crippen molar-refractivity contribution >= 4 is 11.6 Å². The summed E-state index contributed by atoms with van der Waals surface area (Å²) in [6, 6.07) is 0.233. The second kappa shape index (κ2) is 5.38. The number of aliphatic hydroxyl groups is 1. The van der Waals surface area contributed by atoms with Gasteiger partial charge in [-0.25, -0.2) is 0 Å². The molecular weight excluding hydrogens is 238 g/mol. The average molecular weight is 258 g/mol. The summed E-state index contributed by atoms with van der Waals surface area (Å²) in [6.07, 6.45) is 4.07. The standard InChI is InChI=1S/C12H20ClN3O/c1-8-12(13)9(15-14-8)7-16(2)10-5-3-4-6-11(10)17/h10-11,17H,3-7H2,1-2H3,(H,14,15)/t10-,11+/m1/s1. The first-order chi connectivity index (χ1) is 8.09. The first-order valence-electron chi connectivity index (χ1n) is 6.17. The van der Waals surface area contributed by atoms with Gasteiger partial charge in [0.2, 0.25) is 0 Å². The van der Waals surface area contributed by atoms with E-state index in [-0.39, 0.29) is 12.1 Å². The Labute approximate surface area is 107 Å². The van der Waals surface area contributed by atoms with E-state index in [1.807, 2.05) is 14.0 Å². The SMILES string of the molecule is Cc1[nH]nc(CN(C)[C@@H]2CCCC[C@@H]2O)c1Cl. The Morgan fingerprint density at radius 3 is 2.76 bits per heavy atom. The highest BCUT2D eigenvalue weighted by Gasteiger charge is 2.27. The molecule has 1 aromatic heterocycles. The monoisotopic (exact) mass is 257 g/mol. The number of halogens is 1. The normalized spacial score (nSPS) is 25.5. The lowest BCUT2D eigenvalue weighted by Crippen LogP contribution is -2.42. The first-order valence-corrected chi connectivity index (χ1v) is 6.55. The van der Waals surface area contributed by atoms with Crippen molar-refractivity contribution in [2.45, 2.75) is 51.3 Å². The van der Waals surface area contributed by atoms with Crippen LogP contribution in [0.3, 0.4) is 0 Å². The molecule has 2 rings (SSSR count). The average Bonchev–Trinajstić information content (AvgIpc) is 2.61. The first kappa shape index (κ1) is 12.9. The zero-order valence-corrected chi connectivity index (χ0v) is 11.2. The van der Waals surface area contributed by atoms with Gasteiger partial charge in [0.25, 0.3) is 0 Å². The fourth-order valence-corrected chi connectivity index (χ4v) is 2.67. The number of aryl methyl sites for hydroxylation is 1. The summed E-state index contributed by atoms with van der Waals surface area (Å²) in [7, 11) is 2.03. The van der Waals surface area contributed by atoms with Gasteiger partial charge in [0.15, 0.2) is 0 Å². The van der Waals surface area contributed by atoms with E-state index in [1.165, 1.54) is 6.42 Å². The van der Waals surface area contributed by atoms with Gasteiger partial charge in [-0.2, -0.15) is 5.10 Å². The van der Waals surface area contributed by atoms with Gasteiger partial charge in [0.05, 0.1) is 22.5 Å². The maximum absolute atomic E-state index is 9.99. The maximum atomic E-state index is 9.99. The summed E-state index contributed by atoms with van der Waals surface area (Å²) < 4.78 is 0. The molecule has 4 nitrogen and oxygen atoms in total. The molecule has 2 N–H and O–H groups in total. The number of nitrogens with one attached hydrogen (secondary N) is 1. The fourth-order valence-electron chi connectivity index (χ4n) is 2.53. The number of nitrogens with zero attached hydrogens (tertiary/aromatic N) is 2. The van der Waals surface area contributed by atoms with Crippen LogP contribution >= 0.6 is 11.6 Å². The number of aliphatic hydroxyl groups excluding tert-OH is 1. The fraction of sp³-hybridized carbons (Fsp3) is 0.750. The van der Waals surface area contributed by atoms with Crippen LogP contribution in [0.15, 0.2) is 0 Å². The summed E-state index contributed by atoms with van der Waals surface area (Å²) in [5.41, 5.74) is 1.77. The Morgan fingerprint density at radius 1 is 1.47 bits per heavy atom. The zero-order chi connectivity index (χ0) is 12.4. The van der Waals surface area contributed by atoms with Crippen LogP contribution < -0.4 is 0 Å². The molecule has 0 spiro atoms. The van der Waals surface area contributed by atoms with Crippen molar-refractivity contribution in [3.8, 4) is 0 Å². The molecule has 0 saturated heterocycles. The summed E-state index contributed by atoms with van der Waals surface area (Å²) in [5.74, 6) is 0. The van der Waals surface area contributed by atoms with Gasteiger partial charge in [-0.3, -0.25) is 10.00 Å². The minimum absolute atomic E-state index is 0.215. The number of aromatic amines is 1. The molecule has 2 atom stereocenters. The largest absolute Gasteiger partial charge is 0.391 e. The molecule has 5 heteroatoms. The van der Waals surface area contributed by atoms with Crippen molar-refractivity contribution in [2.75, 3.05) is 7.05 Å². The number of likely N-dealkylation sites (N-methyl/N-ethyl adjacent to an activating group) is 1. The zero-order valence-electron chi connectivity index (χ0n) is 10.4. The molecule has 17 heavy (non-hydrogen) atoms. The van der Waals surface area contributed by atoms with Crippen LogP contribution in [0.5, 0.6) is 0 Å². The molecule has 0 aromatic carbocycles. The molecule has 0 aliphatic heterocycles. The van der Waals surface area contributed by atoms with Crippen LogP contribution in [-0.2, 0) is 6.54 Å². The number of rotatable bonds is 3. The van der Waals surface area contributed by atoms with Crippen molar-refractivity contribution in [1.82, 2.24) is 15.1 Å². The minimum Gasteiger partial charge on any atom is -0.391 e. The van der Waals surface area contributed by atoms with Crippen LogP contribution in [0.2, 0.25) is 5.02 Å². The molecule has 96 valence electrons. The molecule has 1 heterocycles.